The van der Waals surface area contributed by atoms with Gasteiger partial charge in [-0.3, -0.25) is 0 Å². The Balaban J connectivity index is 1.60. The average Bonchev–Trinajstić information content (AvgIpc) is 2.79. The number of rotatable bonds is 2. The number of nitrogens with one attached hydrogen (secondary N) is 1. The Morgan fingerprint density at radius 2 is 2.06 bits per heavy atom. The normalized spacial score (nSPS) is 29.0. The van der Waals surface area contributed by atoms with Crippen molar-refractivity contribution >= 4 is 21.9 Å². The SMILES string of the molecule is Brc1cnc(N[C@@H]2CCN3CCC[C@H]3C2)nc1. The van der Waals surface area contributed by atoms with Gasteiger partial charge in [0.1, 0.15) is 0 Å². The van der Waals surface area contributed by atoms with Crippen LogP contribution in [0, 0.1) is 0 Å². The second-order valence-corrected chi connectivity index (χ2v) is 5.84. The number of nitrogens with zero attached hydrogens (tertiary/aromatic N) is 3. The van der Waals surface area contributed by atoms with Crippen molar-refractivity contribution in [2.45, 2.75) is 37.8 Å². The van der Waals surface area contributed by atoms with Crippen molar-refractivity contribution in [2.24, 2.45) is 0 Å². The maximum Gasteiger partial charge on any atom is 0.222 e. The van der Waals surface area contributed by atoms with Gasteiger partial charge in [-0.1, -0.05) is 0 Å². The van der Waals surface area contributed by atoms with Gasteiger partial charge in [-0.05, 0) is 48.2 Å². The molecule has 0 spiro atoms. The van der Waals surface area contributed by atoms with Crippen LogP contribution in [-0.2, 0) is 0 Å². The molecule has 2 aliphatic heterocycles. The molecule has 2 saturated heterocycles. The smallest absolute Gasteiger partial charge is 0.222 e. The Labute approximate surface area is 110 Å². The van der Waals surface area contributed by atoms with E-state index < -0.39 is 0 Å². The molecular weight excluding hydrogens is 280 g/mol. The summed E-state index contributed by atoms with van der Waals surface area (Å²) in [5.74, 6) is 0.754. The van der Waals surface area contributed by atoms with Crippen LogP contribution in [0.4, 0.5) is 5.95 Å². The van der Waals surface area contributed by atoms with Gasteiger partial charge in [0.25, 0.3) is 0 Å². The molecule has 1 aromatic heterocycles. The van der Waals surface area contributed by atoms with E-state index in [1.54, 1.807) is 12.4 Å². The van der Waals surface area contributed by atoms with Crippen LogP contribution < -0.4 is 5.32 Å². The fourth-order valence-electron chi connectivity index (χ4n) is 2.92. The summed E-state index contributed by atoms with van der Waals surface area (Å²) in [7, 11) is 0. The summed E-state index contributed by atoms with van der Waals surface area (Å²) in [5.41, 5.74) is 0. The van der Waals surface area contributed by atoms with E-state index in [-0.39, 0.29) is 0 Å². The first-order valence-corrected chi connectivity index (χ1v) is 7.09. The van der Waals surface area contributed by atoms with Crippen molar-refractivity contribution in [3.8, 4) is 0 Å². The Morgan fingerprint density at radius 3 is 2.88 bits per heavy atom. The van der Waals surface area contributed by atoms with E-state index in [0.717, 1.165) is 16.5 Å². The molecule has 0 aromatic carbocycles. The first-order chi connectivity index (χ1) is 8.31. The van der Waals surface area contributed by atoms with Crippen LogP contribution in [0.5, 0.6) is 0 Å². The lowest BCUT2D eigenvalue weighted by Gasteiger charge is -2.35. The molecule has 17 heavy (non-hydrogen) atoms. The van der Waals surface area contributed by atoms with Gasteiger partial charge in [-0.2, -0.15) is 0 Å². The zero-order chi connectivity index (χ0) is 11.7. The predicted octanol–water partition coefficient (Wildman–Crippen LogP) is 2.28. The lowest BCUT2D eigenvalue weighted by atomic mass is 9.98. The fourth-order valence-corrected chi connectivity index (χ4v) is 3.13. The van der Waals surface area contributed by atoms with Gasteiger partial charge in [-0.15, -0.1) is 0 Å². The molecule has 3 heterocycles. The molecular formula is C12H17BrN4. The largest absolute Gasteiger partial charge is 0.351 e. The van der Waals surface area contributed by atoms with Crippen LogP contribution in [0.25, 0.3) is 0 Å². The molecule has 0 radical (unpaired) electrons. The highest BCUT2D eigenvalue weighted by Crippen LogP contribution is 2.27. The number of piperidine rings is 1. The van der Waals surface area contributed by atoms with Crippen LogP contribution in [-0.4, -0.2) is 40.0 Å². The van der Waals surface area contributed by atoms with Gasteiger partial charge >= 0.3 is 0 Å². The fraction of sp³-hybridized carbons (Fsp3) is 0.667. The number of halogens is 1. The van der Waals surface area contributed by atoms with Crippen molar-refractivity contribution in [1.29, 1.82) is 0 Å². The Kier molecular flexibility index (Phi) is 3.29. The van der Waals surface area contributed by atoms with Crippen LogP contribution >= 0.6 is 15.9 Å². The van der Waals surface area contributed by atoms with E-state index >= 15 is 0 Å². The molecule has 1 aromatic rings. The first kappa shape index (κ1) is 11.4. The van der Waals surface area contributed by atoms with Crippen LogP contribution in [0.1, 0.15) is 25.7 Å². The molecule has 2 fully saturated rings. The zero-order valence-corrected chi connectivity index (χ0v) is 11.4. The topological polar surface area (TPSA) is 41.1 Å². The van der Waals surface area contributed by atoms with Crippen LogP contribution in [0.3, 0.4) is 0 Å². The third-order valence-corrected chi connectivity index (χ3v) is 4.18. The summed E-state index contributed by atoms with van der Waals surface area (Å²) in [4.78, 5) is 11.2. The van der Waals surface area contributed by atoms with E-state index in [0.29, 0.717) is 6.04 Å². The molecule has 0 saturated carbocycles. The summed E-state index contributed by atoms with van der Waals surface area (Å²) in [6, 6.07) is 1.33. The molecule has 1 N–H and O–H groups in total. The van der Waals surface area contributed by atoms with Crippen molar-refractivity contribution in [3.63, 3.8) is 0 Å². The lowest BCUT2D eigenvalue weighted by Crippen LogP contribution is -2.42. The van der Waals surface area contributed by atoms with E-state index in [4.69, 9.17) is 0 Å². The minimum atomic E-state index is 0.538. The lowest BCUT2D eigenvalue weighted by molar-refractivity contribution is 0.188. The van der Waals surface area contributed by atoms with Crippen LogP contribution in [0.2, 0.25) is 0 Å². The first-order valence-electron chi connectivity index (χ1n) is 6.29. The summed E-state index contributed by atoms with van der Waals surface area (Å²) in [6.07, 6.45) is 8.75. The molecule has 4 nitrogen and oxygen atoms in total. The van der Waals surface area contributed by atoms with Gasteiger partial charge in [0.15, 0.2) is 0 Å². The van der Waals surface area contributed by atoms with E-state index in [1.165, 1.54) is 38.8 Å². The van der Waals surface area contributed by atoms with Crippen molar-refractivity contribution in [1.82, 2.24) is 14.9 Å². The average molecular weight is 297 g/mol. The molecule has 92 valence electrons. The zero-order valence-electron chi connectivity index (χ0n) is 9.77. The number of hydrogen-bond acceptors (Lipinski definition) is 4. The molecule has 5 heteroatoms. The predicted molar refractivity (Wildman–Crippen MR) is 71.0 cm³/mol. The standard InChI is InChI=1S/C12H17BrN4/c13-9-7-14-12(15-8-9)16-10-3-5-17-4-1-2-11(17)6-10/h7-8,10-11H,1-6H2,(H,14,15,16)/t10-,11+/m1/s1. The molecule has 0 unspecified atom stereocenters. The second kappa shape index (κ2) is 4.90. The van der Waals surface area contributed by atoms with Crippen molar-refractivity contribution in [3.05, 3.63) is 16.9 Å². The quantitative estimate of drug-likeness (QED) is 0.909. The molecule has 0 amide bonds. The minimum absolute atomic E-state index is 0.538. The molecule has 0 bridgehead atoms. The third kappa shape index (κ3) is 2.60. The highest BCUT2D eigenvalue weighted by molar-refractivity contribution is 9.10. The Morgan fingerprint density at radius 1 is 1.24 bits per heavy atom. The van der Waals surface area contributed by atoms with Gasteiger partial charge in [0, 0.05) is 31.0 Å². The highest BCUT2D eigenvalue weighted by Gasteiger charge is 2.31. The Hall–Kier alpha value is -0.680. The van der Waals surface area contributed by atoms with Gasteiger partial charge in [-0.25, -0.2) is 9.97 Å². The Bertz CT molecular complexity index is 381. The number of anilines is 1. The van der Waals surface area contributed by atoms with E-state index in [2.05, 4.69) is 36.1 Å². The molecule has 0 aliphatic carbocycles. The number of hydrogen-bond donors (Lipinski definition) is 1. The summed E-state index contributed by atoms with van der Waals surface area (Å²) in [5, 5.41) is 3.45. The summed E-state index contributed by atoms with van der Waals surface area (Å²) in [6.45, 7) is 2.52. The van der Waals surface area contributed by atoms with Crippen LogP contribution in [0.15, 0.2) is 16.9 Å². The van der Waals surface area contributed by atoms with Crippen molar-refractivity contribution in [2.75, 3.05) is 18.4 Å². The minimum Gasteiger partial charge on any atom is -0.351 e. The van der Waals surface area contributed by atoms with Gasteiger partial charge < -0.3 is 10.2 Å². The summed E-state index contributed by atoms with van der Waals surface area (Å²) >= 11 is 3.35. The third-order valence-electron chi connectivity index (χ3n) is 3.77. The number of aromatic nitrogens is 2. The summed E-state index contributed by atoms with van der Waals surface area (Å²) < 4.78 is 0.925. The number of fused-ring (bicyclic) bond motifs is 1. The highest BCUT2D eigenvalue weighted by atomic mass is 79.9. The van der Waals surface area contributed by atoms with Gasteiger partial charge in [0.05, 0.1) is 4.47 Å². The molecule has 3 rings (SSSR count). The maximum absolute atomic E-state index is 4.28. The van der Waals surface area contributed by atoms with E-state index in [1.807, 2.05) is 0 Å². The van der Waals surface area contributed by atoms with Gasteiger partial charge in [0.2, 0.25) is 5.95 Å². The second-order valence-electron chi connectivity index (χ2n) is 4.92. The molecule has 2 aliphatic rings. The van der Waals surface area contributed by atoms with Crippen molar-refractivity contribution < 1.29 is 0 Å². The molecule has 2 atom stereocenters. The maximum atomic E-state index is 4.28. The monoisotopic (exact) mass is 296 g/mol. The van der Waals surface area contributed by atoms with E-state index in [9.17, 15) is 0 Å².